The number of benzene rings is 3. The maximum Gasteiger partial charge on any atom is 0.332 e. The van der Waals surface area contributed by atoms with Gasteiger partial charge < -0.3 is 19.9 Å². The quantitative estimate of drug-likeness (QED) is 0.379. The molecule has 3 heterocycles. The summed E-state index contributed by atoms with van der Waals surface area (Å²) >= 11 is 0. The fourth-order valence-electron chi connectivity index (χ4n) is 5.46. The summed E-state index contributed by atoms with van der Waals surface area (Å²) in [5.41, 5.74) is 2.60. The first-order valence-corrected chi connectivity index (χ1v) is 12.3. The Balaban J connectivity index is 1.36. The Morgan fingerprint density at radius 2 is 1.76 bits per heavy atom. The van der Waals surface area contributed by atoms with Gasteiger partial charge in [0.05, 0.1) is 23.6 Å². The number of amides is 4. The van der Waals surface area contributed by atoms with E-state index in [9.17, 15) is 14.4 Å². The van der Waals surface area contributed by atoms with Crippen LogP contribution in [0.15, 0.2) is 72.8 Å². The maximum absolute atomic E-state index is 14.0. The van der Waals surface area contributed by atoms with Crippen LogP contribution >= 0.6 is 0 Å². The number of aromatic nitrogens is 1. The van der Waals surface area contributed by atoms with Crippen molar-refractivity contribution >= 4 is 40.1 Å². The van der Waals surface area contributed by atoms with Gasteiger partial charge in [0.2, 0.25) is 0 Å². The smallest absolute Gasteiger partial charge is 0.332 e. The molecule has 3 aromatic carbocycles. The van der Waals surface area contributed by atoms with Crippen LogP contribution in [-0.4, -0.2) is 40.9 Å². The van der Waals surface area contributed by atoms with E-state index in [4.69, 9.17) is 4.74 Å². The summed E-state index contributed by atoms with van der Waals surface area (Å²) < 4.78 is 5.46. The lowest BCUT2D eigenvalue weighted by Gasteiger charge is -2.35. The molecule has 0 spiro atoms. The number of ether oxygens (including phenoxy) is 1. The lowest BCUT2D eigenvalue weighted by atomic mass is 9.87. The number of para-hydroxylation sites is 2. The molecule has 8 nitrogen and oxygen atoms in total. The van der Waals surface area contributed by atoms with Gasteiger partial charge in [-0.2, -0.15) is 0 Å². The van der Waals surface area contributed by atoms with Crippen LogP contribution in [-0.2, 0) is 16.8 Å². The Bertz CT molecular complexity index is 1560. The Morgan fingerprint density at radius 3 is 2.54 bits per heavy atom. The zero-order valence-electron chi connectivity index (χ0n) is 20.6. The number of aromatic amines is 1. The van der Waals surface area contributed by atoms with Gasteiger partial charge in [-0.1, -0.05) is 30.3 Å². The molecule has 186 valence electrons. The number of carbonyl (C=O) groups excluding carboxylic acids is 3. The second-order valence-electron chi connectivity index (χ2n) is 9.35. The average molecular weight is 495 g/mol. The van der Waals surface area contributed by atoms with Gasteiger partial charge >= 0.3 is 6.03 Å². The van der Waals surface area contributed by atoms with Crippen molar-refractivity contribution in [2.75, 3.05) is 23.4 Å². The summed E-state index contributed by atoms with van der Waals surface area (Å²) in [4.78, 5) is 47.2. The molecule has 4 amide bonds. The van der Waals surface area contributed by atoms with Crippen LogP contribution in [0.1, 0.15) is 35.5 Å². The first-order chi connectivity index (χ1) is 17.9. The fraction of sp³-hybridized carbons (Fsp3) is 0.207. The van der Waals surface area contributed by atoms with Crippen molar-refractivity contribution in [2.45, 2.75) is 25.8 Å². The Morgan fingerprint density at radius 1 is 1.03 bits per heavy atom. The highest BCUT2D eigenvalue weighted by atomic mass is 16.5. The van der Waals surface area contributed by atoms with Crippen LogP contribution in [0.5, 0.6) is 5.75 Å². The third kappa shape index (κ3) is 3.40. The molecule has 6 rings (SSSR count). The minimum absolute atomic E-state index is 0.235. The van der Waals surface area contributed by atoms with Crippen molar-refractivity contribution in [1.29, 1.82) is 0 Å². The van der Waals surface area contributed by atoms with Crippen molar-refractivity contribution < 1.29 is 19.1 Å². The van der Waals surface area contributed by atoms with E-state index in [0.29, 0.717) is 31.0 Å². The lowest BCUT2D eigenvalue weighted by molar-refractivity contribution is -0.125. The van der Waals surface area contributed by atoms with E-state index < -0.39 is 17.5 Å². The molecule has 2 N–H and O–H groups in total. The Hall–Kier alpha value is -4.59. The molecule has 1 fully saturated rings. The second-order valence-corrected chi connectivity index (χ2v) is 9.35. The predicted molar refractivity (Wildman–Crippen MR) is 141 cm³/mol. The number of nitrogens with zero attached hydrogens (tertiary/aromatic N) is 2. The third-order valence-corrected chi connectivity index (χ3v) is 7.28. The van der Waals surface area contributed by atoms with Crippen LogP contribution in [0.2, 0.25) is 0 Å². The fourth-order valence-corrected chi connectivity index (χ4v) is 5.46. The lowest BCUT2D eigenvalue weighted by Crippen LogP contribution is -2.49. The number of imide groups is 1. The number of rotatable bonds is 5. The largest absolute Gasteiger partial charge is 0.494 e. The molecule has 2 aliphatic heterocycles. The van der Waals surface area contributed by atoms with Crippen LogP contribution in [0.3, 0.4) is 0 Å². The molecule has 0 aliphatic carbocycles. The molecule has 4 aromatic rings. The summed E-state index contributed by atoms with van der Waals surface area (Å²) in [6.45, 7) is 4.64. The molecule has 1 atom stereocenters. The Labute approximate surface area is 213 Å². The van der Waals surface area contributed by atoms with Gasteiger partial charge in [-0.15, -0.1) is 0 Å². The highest BCUT2D eigenvalue weighted by Gasteiger charge is 2.59. The van der Waals surface area contributed by atoms with Crippen molar-refractivity contribution in [2.24, 2.45) is 0 Å². The predicted octanol–water partition coefficient (Wildman–Crippen LogP) is 5.06. The Kier molecular flexibility index (Phi) is 5.26. The molecular formula is C29H26N4O4. The van der Waals surface area contributed by atoms with Gasteiger partial charge in [0.15, 0.2) is 5.54 Å². The number of hydrogen-bond donors (Lipinski definition) is 2. The SMILES string of the molecule is CCOc1ccc(NC(=O)c2ccccc2N2C(=O)N3CCc4c([nH]c5ccccc45)C3(C)C2=O)cc1. The van der Waals surface area contributed by atoms with Crippen molar-refractivity contribution in [1.82, 2.24) is 9.88 Å². The minimum Gasteiger partial charge on any atom is -0.494 e. The minimum atomic E-state index is -1.19. The molecule has 1 saturated heterocycles. The van der Waals surface area contributed by atoms with Crippen LogP contribution < -0.4 is 15.0 Å². The van der Waals surface area contributed by atoms with E-state index >= 15 is 0 Å². The topological polar surface area (TPSA) is 94.7 Å². The molecule has 2 aliphatic rings. The summed E-state index contributed by atoms with van der Waals surface area (Å²) in [5, 5.41) is 3.93. The van der Waals surface area contributed by atoms with E-state index in [1.807, 2.05) is 31.2 Å². The molecule has 0 bridgehead atoms. The van der Waals surface area contributed by atoms with E-state index in [1.165, 1.54) is 0 Å². The molecule has 0 saturated carbocycles. The molecule has 1 aromatic heterocycles. The third-order valence-electron chi connectivity index (χ3n) is 7.28. The van der Waals surface area contributed by atoms with E-state index in [0.717, 1.165) is 27.1 Å². The van der Waals surface area contributed by atoms with Gasteiger partial charge in [0, 0.05) is 23.1 Å². The molecule has 37 heavy (non-hydrogen) atoms. The van der Waals surface area contributed by atoms with Crippen molar-refractivity contribution in [3.05, 3.63) is 89.6 Å². The van der Waals surface area contributed by atoms with Crippen LogP contribution in [0.4, 0.5) is 16.2 Å². The van der Waals surface area contributed by atoms with Crippen molar-refractivity contribution in [3.63, 3.8) is 0 Å². The van der Waals surface area contributed by atoms with Gasteiger partial charge in [0.25, 0.3) is 11.8 Å². The summed E-state index contributed by atoms with van der Waals surface area (Å²) in [7, 11) is 0. The summed E-state index contributed by atoms with van der Waals surface area (Å²) in [6.07, 6.45) is 0.641. The zero-order chi connectivity index (χ0) is 25.7. The van der Waals surface area contributed by atoms with Gasteiger partial charge in [0.1, 0.15) is 5.75 Å². The number of nitrogens with one attached hydrogen (secondary N) is 2. The summed E-state index contributed by atoms with van der Waals surface area (Å²) in [6, 6.07) is 21.2. The number of urea groups is 1. The molecule has 1 unspecified atom stereocenters. The highest BCUT2D eigenvalue weighted by molar-refractivity contribution is 6.26. The normalized spacial score (nSPS) is 18.6. The average Bonchev–Trinajstić information content (AvgIpc) is 3.39. The number of hydrogen-bond acceptors (Lipinski definition) is 4. The van der Waals surface area contributed by atoms with Crippen LogP contribution in [0, 0.1) is 0 Å². The van der Waals surface area contributed by atoms with Crippen LogP contribution in [0.25, 0.3) is 10.9 Å². The monoisotopic (exact) mass is 494 g/mol. The molecular weight excluding hydrogens is 468 g/mol. The standard InChI is InChI=1S/C29H26N4O4/c1-3-37-19-14-12-18(13-15-19)30-26(34)22-9-5-7-11-24(22)33-27(35)29(2)25-21(16-17-32(29)28(33)36)20-8-4-6-10-23(20)31-25/h4-15,31H,3,16-17H2,1-2H3,(H,30,34). The first kappa shape index (κ1) is 22.8. The first-order valence-electron chi connectivity index (χ1n) is 12.3. The highest BCUT2D eigenvalue weighted by Crippen LogP contribution is 2.45. The van der Waals surface area contributed by atoms with Crippen molar-refractivity contribution in [3.8, 4) is 5.75 Å². The maximum atomic E-state index is 14.0. The summed E-state index contributed by atoms with van der Waals surface area (Å²) in [5.74, 6) is -0.0941. The van der Waals surface area contributed by atoms with E-state index in [2.05, 4.69) is 10.3 Å². The van der Waals surface area contributed by atoms with Gasteiger partial charge in [-0.3, -0.25) is 9.59 Å². The molecule has 0 radical (unpaired) electrons. The number of fused-ring (bicyclic) bond motifs is 5. The van der Waals surface area contributed by atoms with E-state index in [-0.39, 0.29) is 17.2 Å². The van der Waals surface area contributed by atoms with Gasteiger partial charge in [-0.25, -0.2) is 9.69 Å². The zero-order valence-corrected chi connectivity index (χ0v) is 20.6. The number of carbonyl (C=O) groups is 3. The van der Waals surface area contributed by atoms with E-state index in [1.54, 1.807) is 60.4 Å². The number of H-pyrrole nitrogens is 1. The number of anilines is 2. The van der Waals surface area contributed by atoms with Gasteiger partial charge in [-0.05, 0) is 68.3 Å². The molecule has 8 heteroatoms. The second kappa shape index (κ2) is 8.51.